The quantitative estimate of drug-likeness (QED) is 0.639. The predicted molar refractivity (Wildman–Crippen MR) is 111 cm³/mol. The Labute approximate surface area is 175 Å². The van der Waals surface area contributed by atoms with Crippen molar-refractivity contribution in [2.75, 3.05) is 19.8 Å². The Kier molecular flexibility index (Phi) is 7.36. The van der Waals surface area contributed by atoms with E-state index < -0.39 is 18.2 Å². The van der Waals surface area contributed by atoms with E-state index in [-0.39, 0.29) is 12.6 Å². The zero-order valence-corrected chi connectivity index (χ0v) is 17.3. The summed E-state index contributed by atoms with van der Waals surface area (Å²) in [6.07, 6.45) is -0.613. The summed E-state index contributed by atoms with van der Waals surface area (Å²) in [7, 11) is 0. The molecular weight excluding hydrogens is 394 g/mol. The highest BCUT2D eigenvalue weighted by Gasteiger charge is 2.28. The van der Waals surface area contributed by atoms with Crippen LogP contribution in [0.25, 0.3) is 0 Å². The van der Waals surface area contributed by atoms with Crippen molar-refractivity contribution in [1.29, 1.82) is 0 Å². The first-order valence-electron chi connectivity index (χ1n) is 9.72. The van der Waals surface area contributed by atoms with Crippen LogP contribution < -0.4 is 14.8 Å². The number of esters is 1. The standard InChI is InChI=1S/C22H26ClNO5/c1-3-27-22(26)21-13-28-20-10-15(7-8-19(20)29-21)9-14(2)24-12-18(25)16-5-4-6-17(23)11-16/h4-8,10-11,14,18,21,24-25H,3,9,12-13H2,1-2H3/t14-,18+,21?/m1/s1. The number of benzene rings is 2. The molecule has 29 heavy (non-hydrogen) atoms. The van der Waals surface area contributed by atoms with Gasteiger partial charge in [-0.15, -0.1) is 0 Å². The molecule has 0 amide bonds. The molecule has 3 rings (SSSR count). The van der Waals surface area contributed by atoms with Crippen molar-refractivity contribution in [1.82, 2.24) is 5.32 Å². The number of aliphatic hydroxyl groups excluding tert-OH is 1. The fraction of sp³-hybridized carbons (Fsp3) is 0.409. The normalized spacial score (nSPS) is 17.4. The number of nitrogens with one attached hydrogen (secondary N) is 1. The van der Waals surface area contributed by atoms with Crippen LogP contribution in [0.4, 0.5) is 0 Å². The van der Waals surface area contributed by atoms with Crippen molar-refractivity contribution in [3.8, 4) is 11.5 Å². The van der Waals surface area contributed by atoms with E-state index in [1.807, 2.05) is 30.3 Å². The summed E-state index contributed by atoms with van der Waals surface area (Å²) < 4.78 is 16.4. The van der Waals surface area contributed by atoms with Gasteiger partial charge < -0.3 is 24.6 Å². The molecule has 2 aromatic rings. The number of ether oxygens (including phenoxy) is 3. The van der Waals surface area contributed by atoms with Crippen LogP contribution >= 0.6 is 11.6 Å². The van der Waals surface area contributed by atoms with Crippen molar-refractivity contribution >= 4 is 17.6 Å². The van der Waals surface area contributed by atoms with E-state index in [0.29, 0.717) is 29.7 Å². The molecule has 0 fully saturated rings. The van der Waals surface area contributed by atoms with Crippen molar-refractivity contribution in [2.24, 2.45) is 0 Å². The summed E-state index contributed by atoms with van der Waals surface area (Å²) in [5, 5.41) is 14.3. The van der Waals surface area contributed by atoms with E-state index >= 15 is 0 Å². The molecule has 1 aliphatic rings. The van der Waals surface area contributed by atoms with Gasteiger partial charge in [0.15, 0.2) is 11.5 Å². The molecule has 0 radical (unpaired) electrons. The van der Waals surface area contributed by atoms with E-state index in [1.54, 1.807) is 19.1 Å². The van der Waals surface area contributed by atoms with Gasteiger partial charge in [-0.1, -0.05) is 29.8 Å². The zero-order chi connectivity index (χ0) is 20.8. The molecule has 0 saturated carbocycles. The van der Waals surface area contributed by atoms with Crippen molar-refractivity contribution in [2.45, 2.75) is 38.5 Å². The lowest BCUT2D eigenvalue weighted by atomic mass is 10.0. The van der Waals surface area contributed by atoms with Crippen molar-refractivity contribution in [3.05, 3.63) is 58.6 Å². The lowest BCUT2D eigenvalue weighted by Gasteiger charge is -2.25. The number of rotatable bonds is 8. The maximum Gasteiger partial charge on any atom is 0.350 e. The number of carbonyl (C=O) groups is 1. The van der Waals surface area contributed by atoms with Crippen LogP contribution in [-0.4, -0.2) is 43.0 Å². The molecule has 1 unspecified atom stereocenters. The third-order valence-corrected chi connectivity index (χ3v) is 4.89. The molecule has 1 heterocycles. The number of fused-ring (bicyclic) bond motifs is 1. The minimum atomic E-state index is -0.734. The largest absolute Gasteiger partial charge is 0.485 e. The highest BCUT2D eigenvalue weighted by Crippen LogP contribution is 2.33. The second kappa shape index (κ2) is 9.96. The van der Waals surface area contributed by atoms with Gasteiger partial charge in [-0.25, -0.2) is 4.79 Å². The zero-order valence-electron chi connectivity index (χ0n) is 16.6. The number of aliphatic hydroxyl groups is 1. The Bertz CT molecular complexity index is 844. The summed E-state index contributed by atoms with van der Waals surface area (Å²) in [5.74, 6) is 0.738. The molecule has 6 nitrogen and oxygen atoms in total. The first-order chi connectivity index (χ1) is 14.0. The lowest BCUT2D eigenvalue weighted by molar-refractivity contribution is -0.153. The summed E-state index contributed by atoms with van der Waals surface area (Å²) >= 11 is 5.98. The van der Waals surface area contributed by atoms with Crippen LogP contribution in [0.5, 0.6) is 11.5 Å². The fourth-order valence-corrected chi connectivity index (χ4v) is 3.36. The van der Waals surface area contributed by atoms with E-state index in [2.05, 4.69) is 12.2 Å². The monoisotopic (exact) mass is 419 g/mol. The molecule has 3 atom stereocenters. The minimum absolute atomic E-state index is 0.134. The SMILES string of the molecule is CCOC(=O)C1COc2cc(C[C@@H](C)NC[C@H](O)c3cccc(Cl)c3)ccc2O1. The molecule has 0 bridgehead atoms. The van der Waals surface area contributed by atoms with Crippen molar-refractivity contribution in [3.63, 3.8) is 0 Å². The van der Waals surface area contributed by atoms with Crippen LogP contribution in [0.3, 0.4) is 0 Å². The average Bonchev–Trinajstić information content (AvgIpc) is 2.71. The van der Waals surface area contributed by atoms with Crippen LogP contribution in [0, 0.1) is 0 Å². The molecule has 0 saturated heterocycles. The van der Waals surface area contributed by atoms with Gasteiger partial charge in [0.05, 0.1) is 12.7 Å². The van der Waals surface area contributed by atoms with Crippen LogP contribution in [0.2, 0.25) is 5.02 Å². The van der Waals surface area contributed by atoms with Gasteiger partial charge in [0.1, 0.15) is 6.61 Å². The fourth-order valence-electron chi connectivity index (χ4n) is 3.16. The Balaban J connectivity index is 1.52. The van der Waals surface area contributed by atoms with Crippen molar-refractivity contribution < 1.29 is 24.1 Å². The molecule has 2 aromatic carbocycles. The third kappa shape index (κ3) is 5.85. The first kappa shape index (κ1) is 21.4. The Morgan fingerprint density at radius 3 is 2.90 bits per heavy atom. The van der Waals surface area contributed by atoms with E-state index in [0.717, 1.165) is 17.5 Å². The number of hydrogen-bond donors (Lipinski definition) is 2. The first-order valence-corrected chi connectivity index (χ1v) is 10.1. The Hall–Kier alpha value is -2.28. The lowest BCUT2D eigenvalue weighted by Crippen LogP contribution is -2.38. The highest BCUT2D eigenvalue weighted by atomic mass is 35.5. The molecule has 156 valence electrons. The van der Waals surface area contributed by atoms with Crippen LogP contribution in [0.15, 0.2) is 42.5 Å². The second-order valence-electron chi connectivity index (χ2n) is 7.03. The van der Waals surface area contributed by atoms with Gasteiger partial charge in [-0.2, -0.15) is 0 Å². The molecule has 7 heteroatoms. The van der Waals surface area contributed by atoms with Gasteiger partial charge in [-0.3, -0.25) is 0 Å². The summed E-state index contributed by atoms with van der Waals surface area (Å²) in [4.78, 5) is 11.8. The van der Waals surface area contributed by atoms with Gasteiger partial charge >= 0.3 is 5.97 Å². The topological polar surface area (TPSA) is 77.0 Å². The van der Waals surface area contributed by atoms with Crippen LogP contribution in [-0.2, 0) is 16.0 Å². The average molecular weight is 420 g/mol. The minimum Gasteiger partial charge on any atom is -0.485 e. The van der Waals surface area contributed by atoms with E-state index in [4.69, 9.17) is 25.8 Å². The highest BCUT2D eigenvalue weighted by molar-refractivity contribution is 6.30. The van der Waals surface area contributed by atoms with Gasteiger partial charge in [0.2, 0.25) is 6.10 Å². The van der Waals surface area contributed by atoms with E-state index in [1.165, 1.54) is 0 Å². The number of carbonyl (C=O) groups excluding carboxylic acids is 1. The third-order valence-electron chi connectivity index (χ3n) is 4.65. The predicted octanol–water partition coefficient (Wildman–Crippen LogP) is 3.30. The molecular formula is C22H26ClNO5. The molecule has 0 aliphatic carbocycles. The van der Waals surface area contributed by atoms with Gasteiger partial charge in [0.25, 0.3) is 0 Å². The maximum atomic E-state index is 11.8. The van der Waals surface area contributed by atoms with Gasteiger partial charge in [-0.05, 0) is 55.7 Å². The summed E-state index contributed by atoms with van der Waals surface area (Å²) in [6, 6.07) is 13.0. The molecule has 2 N–H and O–H groups in total. The van der Waals surface area contributed by atoms with E-state index in [9.17, 15) is 9.90 Å². The Morgan fingerprint density at radius 2 is 2.14 bits per heavy atom. The van der Waals surface area contributed by atoms with Crippen LogP contribution in [0.1, 0.15) is 31.1 Å². The maximum absolute atomic E-state index is 11.8. The smallest absolute Gasteiger partial charge is 0.350 e. The molecule has 1 aliphatic heterocycles. The van der Waals surface area contributed by atoms with Gasteiger partial charge in [0, 0.05) is 17.6 Å². The summed E-state index contributed by atoms with van der Waals surface area (Å²) in [5.41, 5.74) is 1.85. The Morgan fingerprint density at radius 1 is 1.31 bits per heavy atom. The summed E-state index contributed by atoms with van der Waals surface area (Å²) in [6.45, 7) is 4.67. The number of hydrogen-bond acceptors (Lipinski definition) is 6. The molecule has 0 aromatic heterocycles. The number of halogens is 1. The second-order valence-corrected chi connectivity index (χ2v) is 7.47. The molecule has 0 spiro atoms.